The molecule has 0 bridgehead atoms. The minimum absolute atomic E-state index is 0.0201. The van der Waals surface area contributed by atoms with Crippen molar-refractivity contribution in [2.24, 2.45) is 11.1 Å². The smallest absolute Gasteiger partial charge is 0.245 e. The number of likely N-dealkylation sites (tertiary alicyclic amines) is 1. The van der Waals surface area contributed by atoms with Gasteiger partial charge in [-0.15, -0.1) is 0 Å². The van der Waals surface area contributed by atoms with Gasteiger partial charge in [0.15, 0.2) is 5.78 Å². The molecule has 0 saturated carbocycles. The highest BCUT2D eigenvalue weighted by Gasteiger charge is 2.32. The molecule has 4 rings (SSSR count). The molecule has 0 unspecified atom stereocenters. The molecule has 1 aromatic carbocycles. The predicted molar refractivity (Wildman–Crippen MR) is 126 cm³/mol. The van der Waals surface area contributed by atoms with Crippen LogP contribution < -0.4 is 0 Å². The number of aryl methyl sites for hydroxylation is 1. The highest BCUT2D eigenvalue weighted by atomic mass is 32.2. The zero-order valence-corrected chi connectivity index (χ0v) is 20.2. The molecule has 3 heterocycles. The number of nitrogens with zero attached hydrogens (tertiary/aromatic N) is 4. The molecule has 184 valence electrons. The average Bonchev–Trinajstić information content (AvgIpc) is 3.23. The number of carbonyl (C=O) groups excluding carboxylic acids is 1. The van der Waals surface area contributed by atoms with Crippen molar-refractivity contribution in [3.05, 3.63) is 53.6 Å². The van der Waals surface area contributed by atoms with E-state index in [0.717, 1.165) is 45.3 Å². The zero-order valence-electron chi connectivity index (χ0n) is 19.4. The van der Waals surface area contributed by atoms with E-state index in [2.05, 4.69) is 10.1 Å². The summed E-state index contributed by atoms with van der Waals surface area (Å²) in [6, 6.07) is 7.36. The molecule has 0 radical (unpaired) electrons. The Bertz CT molecular complexity index is 1150. The Morgan fingerprint density at radius 3 is 2.44 bits per heavy atom. The van der Waals surface area contributed by atoms with Gasteiger partial charge in [-0.2, -0.15) is 0 Å². The molecular formula is C24H31FN4O4S. The summed E-state index contributed by atoms with van der Waals surface area (Å²) in [5.41, 5.74) is 1.44. The van der Waals surface area contributed by atoms with E-state index in [9.17, 15) is 22.8 Å². The first-order chi connectivity index (χ1) is 16.3. The Balaban J connectivity index is 1.28. The summed E-state index contributed by atoms with van der Waals surface area (Å²) < 4.78 is 41.8. The monoisotopic (exact) mass is 490 g/mol. The van der Waals surface area contributed by atoms with Crippen molar-refractivity contribution in [3.8, 4) is 0 Å². The minimum atomic E-state index is -3.60. The molecule has 2 aliphatic heterocycles. The van der Waals surface area contributed by atoms with Crippen LogP contribution in [-0.2, 0) is 16.6 Å². The first kappa shape index (κ1) is 24.6. The largest absolute Gasteiger partial charge is 0.411 e. The number of ketones is 1. The molecule has 10 heteroatoms. The summed E-state index contributed by atoms with van der Waals surface area (Å²) in [6.07, 6.45) is 5.48. The summed E-state index contributed by atoms with van der Waals surface area (Å²) in [5, 5.41) is 12.8. The van der Waals surface area contributed by atoms with Gasteiger partial charge < -0.3 is 14.7 Å². The van der Waals surface area contributed by atoms with Gasteiger partial charge in [-0.1, -0.05) is 5.16 Å². The summed E-state index contributed by atoms with van der Waals surface area (Å²) in [6.45, 7) is 3.51. The fourth-order valence-corrected chi connectivity index (χ4v) is 6.19. The van der Waals surface area contributed by atoms with Crippen LogP contribution >= 0.6 is 0 Å². The Morgan fingerprint density at radius 2 is 1.76 bits per heavy atom. The fraction of sp³-hybridized carbons (Fsp3) is 0.500. The summed E-state index contributed by atoms with van der Waals surface area (Å²) >= 11 is 0. The fourth-order valence-electron chi connectivity index (χ4n) is 4.81. The topological polar surface area (TPSA) is 95.2 Å². The van der Waals surface area contributed by atoms with Gasteiger partial charge in [-0.05, 0) is 75.6 Å². The molecule has 2 aliphatic rings. The van der Waals surface area contributed by atoms with E-state index in [1.807, 2.05) is 4.57 Å². The van der Waals surface area contributed by atoms with Crippen LogP contribution in [0.25, 0.3) is 0 Å². The normalized spacial score (nSPS) is 20.8. The lowest BCUT2D eigenvalue weighted by Crippen LogP contribution is -2.37. The first-order valence-electron chi connectivity index (χ1n) is 11.7. The number of piperidine rings is 1. The van der Waals surface area contributed by atoms with Crippen molar-refractivity contribution in [2.75, 3.05) is 33.2 Å². The highest BCUT2D eigenvalue weighted by Crippen LogP contribution is 2.27. The zero-order chi connectivity index (χ0) is 24.3. The lowest BCUT2D eigenvalue weighted by molar-refractivity contribution is 0.0838. The Hall–Kier alpha value is -2.56. The number of aromatic nitrogens is 1. The first-order valence-corrected chi connectivity index (χ1v) is 13.1. The Morgan fingerprint density at radius 1 is 1.09 bits per heavy atom. The number of hydrogen-bond donors (Lipinski definition) is 1. The molecule has 1 N–H and O–H groups in total. The molecule has 0 amide bonds. The maximum absolute atomic E-state index is 13.1. The third-order valence-corrected chi connectivity index (χ3v) is 8.77. The van der Waals surface area contributed by atoms with Crippen LogP contribution in [-0.4, -0.2) is 72.1 Å². The van der Waals surface area contributed by atoms with Crippen LogP contribution in [0.3, 0.4) is 0 Å². The molecule has 2 aromatic rings. The second-order valence-corrected chi connectivity index (χ2v) is 11.1. The van der Waals surface area contributed by atoms with Crippen molar-refractivity contribution in [3.63, 3.8) is 0 Å². The van der Waals surface area contributed by atoms with Crippen LogP contribution in [0.2, 0.25) is 0 Å². The molecule has 0 spiro atoms. The number of benzene rings is 1. The number of Topliss-reactive ketones (excluding diaryl/α,β-unsaturated/α-hetero) is 1. The standard InChI is InChI=1S/C24H31FN4O4S/c1-27-14-10-21(26-31)23-22(34(27,32)33)11-17-29(23)13-3-2-12-28-15-8-19(9-16-28)24(30)18-4-6-20(25)7-5-18/h4-7,11,17,19,31H,2-3,8-10,12-16H2,1H3/b26-21-. The third-order valence-electron chi connectivity index (χ3n) is 6.88. The van der Waals surface area contributed by atoms with Gasteiger partial charge >= 0.3 is 0 Å². The number of rotatable bonds is 7. The average molecular weight is 491 g/mol. The Labute approximate surface area is 199 Å². The van der Waals surface area contributed by atoms with Crippen molar-refractivity contribution < 1.29 is 22.8 Å². The summed E-state index contributed by atoms with van der Waals surface area (Å²) in [4.78, 5) is 15.2. The maximum Gasteiger partial charge on any atom is 0.245 e. The van der Waals surface area contributed by atoms with Gasteiger partial charge in [0, 0.05) is 44.2 Å². The quantitative estimate of drug-likeness (QED) is 0.278. The van der Waals surface area contributed by atoms with Crippen molar-refractivity contribution in [1.29, 1.82) is 0 Å². The van der Waals surface area contributed by atoms with Crippen LogP contribution in [0.4, 0.5) is 4.39 Å². The van der Waals surface area contributed by atoms with Gasteiger partial charge in [0.2, 0.25) is 10.0 Å². The molecule has 1 fully saturated rings. The van der Waals surface area contributed by atoms with E-state index in [1.54, 1.807) is 24.4 Å². The Kier molecular flexibility index (Phi) is 7.49. The van der Waals surface area contributed by atoms with Gasteiger partial charge in [0.25, 0.3) is 0 Å². The number of unbranched alkanes of at least 4 members (excludes halogenated alkanes) is 1. The second kappa shape index (κ2) is 10.4. The van der Waals surface area contributed by atoms with E-state index in [1.165, 1.54) is 23.5 Å². The number of carbonyl (C=O) groups is 1. The van der Waals surface area contributed by atoms with Crippen molar-refractivity contribution in [2.45, 2.75) is 43.5 Å². The van der Waals surface area contributed by atoms with Crippen molar-refractivity contribution >= 4 is 21.5 Å². The lowest BCUT2D eigenvalue weighted by atomic mass is 9.89. The maximum atomic E-state index is 13.1. The molecule has 1 saturated heterocycles. The SMILES string of the molecule is CN1CC/C(=N/O)c2c(ccn2CCCCN2CCC(C(=O)c3ccc(F)cc3)CC2)S1(=O)=O. The molecular weight excluding hydrogens is 459 g/mol. The van der Waals surface area contributed by atoms with Gasteiger partial charge in [0.05, 0.1) is 5.69 Å². The van der Waals surface area contributed by atoms with E-state index < -0.39 is 10.0 Å². The molecule has 34 heavy (non-hydrogen) atoms. The molecule has 1 aromatic heterocycles. The van der Waals surface area contributed by atoms with Crippen molar-refractivity contribution in [1.82, 2.24) is 13.8 Å². The third kappa shape index (κ3) is 5.08. The van der Waals surface area contributed by atoms with E-state index in [-0.39, 0.29) is 29.0 Å². The number of hydrogen-bond acceptors (Lipinski definition) is 6. The molecule has 8 nitrogen and oxygen atoms in total. The van der Waals surface area contributed by atoms with Crippen LogP contribution in [0.15, 0.2) is 46.6 Å². The minimum Gasteiger partial charge on any atom is -0.411 e. The number of sulfonamides is 1. The summed E-state index contributed by atoms with van der Waals surface area (Å²) in [7, 11) is -2.06. The van der Waals surface area contributed by atoms with E-state index in [0.29, 0.717) is 29.9 Å². The summed E-state index contributed by atoms with van der Waals surface area (Å²) in [5.74, 6) is -0.264. The molecule has 0 atom stereocenters. The van der Waals surface area contributed by atoms with Gasteiger partial charge in [0.1, 0.15) is 16.4 Å². The lowest BCUT2D eigenvalue weighted by Gasteiger charge is -2.31. The van der Waals surface area contributed by atoms with Crippen LogP contribution in [0.1, 0.15) is 48.2 Å². The van der Waals surface area contributed by atoms with Crippen LogP contribution in [0.5, 0.6) is 0 Å². The number of oxime groups is 1. The van der Waals surface area contributed by atoms with E-state index in [4.69, 9.17) is 0 Å². The number of halogens is 1. The highest BCUT2D eigenvalue weighted by molar-refractivity contribution is 7.89. The van der Waals surface area contributed by atoms with Gasteiger partial charge in [-0.3, -0.25) is 4.79 Å². The second-order valence-electron chi connectivity index (χ2n) is 9.04. The number of fused-ring (bicyclic) bond motifs is 1. The molecule has 0 aliphatic carbocycles. The predicted octanol–water partition coefficient (Wildman–Crippen LogP) is 3.20. The van der Waals surface area contributed by atoms with Gasteiger partial charge in [-0.25, -0.2) is 17.1 Å². The van der Waals surface area contributed by atoms with Crippen LogP contribution in [0, 0.1) is 11.7 Å². The van der Waals surface area contributed by atoms with E-state index >= 15 is 0 Å².